The molecule has 5 nitrogen and oxygen atoms in total. The van der Waals surface area contributed by atoms with Crippen molar-refractivity contribution in [3.63, 3.8) is 0 Å². The monoisotopic (exact) mass is 462 g/mol. The molecule has 164 valence electrons. The molecule has 0 bridgehead atoms. The first-order chi connectivity index (χ1) is 16.7. The van der Waals surface area contributed by atoms with Gasteiger partial charge in [-0.2, -0.15) is 5.26 Å². The lowest BCUT2D eigenvalue weighted by Gasteiger charge is -2.05. The summed E-state index contributed by atoms with van der Waals surface area (Å²) < 4.78 is 12.3. The van der Waals surface area contributed by atoms with Crippen molar-refractivity contribution in [2.75, 3.05) is 0 Å². The highest BCUT2D eigenvalue weighted by molar-refractivity contribution is 7.19. The number of hydrogen-bond donors (Lipinski definition) is 0. The Labute approximate surface area is 200 Å². The third kappa shape index (κ3) is 4.65. The highest BCUT2D eigenvalue weighted by Crippen LogP contribution is 2.29. The lowest BCUT2D eigenvalue weighted by Crippen LogP contribution is -2.04. The molecular weight excluding hydrogens is 444 g/mol. The van der Waals surface area contributed by atoms with E-state index in [2.05, 4.69) is 11.1 Å². The first-order valence-electron chi connectivity index (χ1n) is 10.6. The summed E-state index contributed by atoms with van der Waals surface area (Å²) in [7, 11) is 0. The first kappa shape index (κ1) is 21.4. The molecule has 0 saturated carbocycles. The highest BCUT2D eigenvalue weighted by atomic mass is 32.1. The molecule has 2 heterocycles. The van der Waals surface area contributed by atoms with Gasteiger partial charge in [0.05, 0.1) is 21.4 Å². The topological polar surface area (TPSA) is 76.1 Å². The second-order valence-electron chi connectivity index (χ2n) is 7.50. The molecule has 0 unspecified atom stereocenters. The van der Waals surface area contributed by atoms with Gasteiger partial charge in [-0.1, -0.05) is 54.6 Å². The van der Waals surface area contributed by atoms with Crippen LogP contribution in [0.15, 0.2) is 95.4 Å². The van der Waals surface area contributed by atoms with Crippen LogP contribution < -0.4 is 0 Å². The van der Waals surface area contributed by atoms with E-state index in [0.717, 1.165) is 21.3 Å². The minimum atomic E-state index is -0.382. The maximum Gasteiger partial charge on any atom is 0.338 e. The van der Waals surface area contributed by atoms with Gasteiger partial charge in [0.1, 0.15) is 29.2 Å². The lowest BCUT2D eigenvalue weighted by molar-refractivity contribution is 0.0472. The van der Waals surface area contributed by atoms with Crippen molar-refractivity contribution in [1.82, 2.24) is 4.98 Å². The van der Waals surface area contributed by atoms with Crippen molar-refractivity contribution >= 4 is 39.2 Å². The number of nitriles is 1. The molecule has 0 spiro atoms. The van der Waals surface area contributed by atoms with Crippen molar-refractivity contribution in [2.24, 2.45) is 0 Å². The number of benzene rings is 3. The Morgan fingerprint density at radius 1 is 0.971 bits per heavy atom. The molecule has 0 aliphatic heterocycles. The number of hydrogen-bond acceptors (Lipinski definition) is 6. The van der Waals surface area contributed by atoms with Gasteiger partial charge in [0.2, 0.25) is 0 Å². The number of furan rings is 1. The molecule has 0 aliphatic rings. The highest BCUT2D eigenvalue weighted by Gasteiger charge is 2.12. The van der Waals surface area contributed by atoms with Crippen LogP contribution in [0.3, 0.4) is 0 Å². The van der Waals surface area contributed by atoms with E-state index in [1.54, 1.807) is 18.2 Å². The average molecular weight is 463 g/mol. The summed E-state index contributed by atoms with van der Waals surface area (Å²) in [6.45, 7) is 0.227. The Bertz CT molecular complexity index is 1490. The largest absolute Gasteiger partial charge is 0.457 e. The van der Waals surface area contributed by atoms with Gasteiger partial charge < -0.3 is 9.15 Å². The number of ether oxygens (including phenoxy) is 1. The number of thiazole rings is 1. The molecule has 5 aromatic rings. The van der Waals surface area contributed by atoms with Crippen molar-refractivity contribution in [3.8, 4) is 17.4 Å². The van der Waals surface area contributed by atoms with Crippen molar-refractivity contribution in [1.29, 1.82) is 5.26 Å². The molecule has 5 rings (SSSR count). The van der Waals surface area contributed by atoms with Gasteiger partial charge in [-0.3, -0.25) is 0 Å². The summed E-state index contributed by atoms with van der Waals surface area (Å²) in [5.41, 5.74) is 3.53. The lowest BCUT2D eigenvalue weighted by atomic mass is 10.1. The SMILES string of the molecule is N#C/C(=C/c1ccc(-c2ccc(C(=O)OCc3ccccc3)cc2)o1)c1nc2ccccc2s1. The molecule has 34 heavy (non-hydrogen) atoms. The Morgan fingerprint density at radius 3 is 2.50 bits per heavy atom. The number of para-hydroxylation sites is 1. The van der Waals surface area contributed by atoms with Crippen LogP contribution >= 0.6 is 11.3 Å². The summed E-state index contributed by atoms with van der Waals surface area (Å²) in [5, 5.41) is 10.3. The summed E-state index contributed by atoms with van der Waals surface area (Å²) in [6.07, 6.45) is 1.69. The smallest absolute Gasteiger partial charge is 0.338 e. The third-order valence-electron chi connectivity index (χ3n) is 5.18. The van der Waals surface area contributed by atoms with Crippen LogP contribution in [0.5, 0.6) is 0 Å². The summed E-state index contributed by atoms with van der Waals surface area (Å²) in [6, 6.07) is 30.2. The zero-order valence-corrected chi connectivity index (χ0v) is 18.8. The maximum atomic E-state index is 12.3. The molecule has 0 N–H and O–H groups in total. The minimum Gasteiger partial charge on any atom is -0.457 e. The summed E-state index contributed by atoms with van der Waals surface area (Å²) in [5.74, 6) is 0.808. The van der Waals surface area contributed by atoms with Gasteiger partial charge in [-0.15, -0.1) is 11.3 Å². The number of allylic oxidation sites excluding steroid dienone is 1. The van der Waals surface area contributed by atoms with Gasteiger partial charge >= 0.3 is 5.97 Å². The molecular formula is C28H18N2O3S. The van der Waals surface area contributed by atoms with E-state index in [0.29, 0.717) is 27.7 Å². The molecule has 0 atom stereocenters. The zero-order chi connectivity index (χ0) is 23.3. The quantitative estimate of drug-likeness (QED) is 0.201. The van der Waals surface area contributed by atoms with Crippen molar-refractivity contribution in [2.45, 2.75) is 6.61 Å². The predicted molar refractivity (Wildman–Crippen MR) is 133 cm³/mol. The number of carbonyl (C=O) groups excluding carboxylic acids is 1. The molecule has 2 aromatic heterocycles. The Hall–Kier alpha value is -4.47. The molecule has 0 amide bonds. The van der Waals surface area contributed by atoms with Crippen LogP contribution in [-0.2, 0) is 11.3 Å². The number of aromatic nitrogens is 1. The zero-order valence-electron chi connectivity index (χ0n) is 18.0. The van der Waals surface area contributed by atoms with Crippen molar-refractivity contribution < 1.29 is 13.9 Å². The van der Waals surface area contributed by atoms with E-state index >= 15 is 0 Å². The van der Waals surface area contributed by atoms with Crippen LogP contribution in [0.25, 0.3) is 33.2 Å². The minimum absolute atomic E-state index is 0.227. The number of rotatable bonds is 6. The fourth-order valence-electron chi connectivity index (χ4n) is 3.43. The maximum absolute atomic E-state index is 12.3. The van der Waals surface area contributed by atoms with Crippen LogP contribution in [0.2, 0.25) is 0 Å². The van der Waals surface area contributed by atoms with Gasteiger partial charge in [0.25, 0.3) is 0 Å². The van der Waals surface area contributed by atoms with E-state index in [1.807, 2.05) is 78.9 Å². The van der Waals surface area contributed by atoms with Crippen LogP contribution in [0.4, 0.5) is 0 Å². The number of fused-ring (bicyclic) bond motifs is 1. The fourth-order valence-corrected chi connectivity index (χ4v) is 4.37. The Kier molecular flexibility index (Phi) is 6.02. The average Bonchev–Trinajstić information content (AvgIpc) is 3.53. The molecule has 0 fully saturated rings. The second kappa shape index (κ2) is 9.57. The van der Waals surface area contributed by atoms with E-state index in [1.165, 1.54) is 11.3 Å². The van der Waals surface area contributed by atoms with Crippen LogP contribution in [0, 0.1) is 11.3 Å². The number of carbonyl (C=O) groups is 1. The van der Waals surface area contributed by atoms with Crippen LogP contribution in [-0.4, -0.2) is 11.0 Å². The number of nitrogens with zero attached hydrogens (tertiary/aromatic N) is 2. The first-order valence-corrected chi connectivity index (χ1v) is 11.4. The van der Waals surface area contributed by atoms with E-state index < -0.39 is 0 Å². The van der Waals surface area contributed by atoms with Crippen molar-refractivity contribution in [3.05, 3.63) is 113 Å². The van der Waals surface area contributed by atoms with Gasteiger partial charge in [0.15, 0.2) is 0 Å². The number of esters is 1. The Balaban J connectivity index is 1.30. The summed E-state index contributed by atoms with van der Waals surface area (Å²) >= 11 is 1.47. The Morgan fingerprint density at radius 2 is 1.74 bits per heavy atom. The molecule has 0 saturated heterocycles. The van der Waals surface area contributed by atoms with Gasteiger partial charge in [-0.05, 0) is 42.0 Å². The molecule has 6 heteroatoms. The predicted octanol–water partition coefficient (Wildman–Crippen LogP) is 6.98. The second-order valence-corrected chi connectivity index (χ2v) is 8.53. The fraction of sp³-hybridized carbons (Fsp3) is 0.0357. The summed E-state index contributed by atoms with van der Waals surface area (Å²) in [4.78, 5) is 16.9. The van der Waals surface area contributed by atoms with E-state index in [4.69, 9.17) is 9.15 Å². The normalized spacial score (nSPS) is 11.3. The molecule has 3 aromatic carbocycles. The van der Waals surface area contributed by atoms with Crippen LogP contribution in [0.1, 0.15) is 26.7 Å². The third-order valence-corrected chi connectivity index (χ3v) is 6.25. The van der Waals surface area contributed by atoms with E-state index in [9.17, 15) is 10.1 Å². The molecule has 0 aliphatic carbocycles. The van der Waals surface area contributed by atoms with Gasteiger partial charge in [-0.25, -0.2) is 9.78 Å². The van der Waals surface area contributed by atoms with E-state index in [-0.39, 0.29) is 12.6 Å². The van der Waals surface area contributed by atoms with Gasteiger partial charge in [0, 0.05) is 11.6 Å². The molecule has 0 radical (unpaired) electrons. The standard InChI is InChI=1S/C28H18N2O3S/c29-17-22(27-30-24-8-4-5-9-26(24)34-27)16-23-14-15-25(33-23)20-10-12-21(13-11-20)28(31)32-18-19-6-2-1-3-7-19/h1-16H,18H2/b22-16-.